The minimum absolute atomic E-state index is 0. The van der Waals surface area contributed by atoms with Crippen LogP contribution in [0.2, 0.25) is 0 Å². The van der Waals surface area contributed by atoms with E-state index >= 15 is 0 Å². The SMILES string of the molecule is CC(F)(F)Cc1cccnc1.CC(F)(F)Cc1cccnc1.CC(c1cccnc1)C(F)(F)F.CC(c1cccnc1)C(F)(F)F.FC(F)(F)Cc1cccnc1.FC(F)(F)Cc1cccnc1.FC(F)Cc1cccnc1.FC(F)Cc1cccnc1.Fc1nccc(C(F)(F)F)c1F.Fc1nccc(C(F)F)c1F.Fc1nccc(C(F)F)c1F.[CH3-].[CH3-].[CH3-].[CH3-].[CH3-].[CH3-].[CH3-].[CH3-].[CH3-].[CH3-].[CH3-].[Ta].[Ta].[Ta].[Ta].[Ta].[Ta].[Ta].[Ta].[Ta].[Ta].[Ta]. The standard InChI is InChI=1S/2C8H8F3N.2C8H9F2N.2C7H6F3N.2C7H7F2N.C6H2F5N.2C6H3F4N.11CH3.11Ta/c2*1-6(8(9,10)11)7-3-2-4-12-5-7;2*1-8(9,10)5-7-3-2-4-11-6-7;2*8-7(9,10)4-6-2-1-3-11-5-6;2*8-7(9)4-6-2-1-3-10-5-6;7-4-3(6(9,10)11)1-2-12-5(4)8;2*7-4-3(5(8)9)1-2-11-6(4)10;;;;;;;;;;;;;;;;;;;;;;/h2*2-6H,1H3;2*2-4,6H,5H2,1H3;2*1-3,5H,4H2;2*1-3,5,7H,4H2;1-2H;2*1-2,5H;11*1H3;;;;;;;;;;;/q;;;;;;;;;;;11*-1;;;;;;;;;;;. The quantitative estimate of drug-likeness (QED) is 0.0583. The van der Waals surface area contributed by atoms with Gasteiger partial charge in [-0.3, -0.25) is 39.9 Å². The molecule has 2 atom stereocenters. The molecule has 0 fully saturated rings. The second-order valence-corrected chi connectivity index (χ2v) is 24.1. The van der Waals surface area contributed by atoms with Gasteiger partial charge in [-0.25, -0.2) is 80.8 Å². The molecule has 0 saturated heterocycles. The van der Waals surface area contributed by atoms with Crippen molar-refractivity contribution >= 4 is 0 Å². The molecule has 0 aliphatic rings. The van der Waals surface area contributed by atoms with Gasteiger partial charge in [0.1, 0.15) is 0 Å². The van der Waals surface area contributed by atoms with Gasteiger partial charge in [0.05, 0.1) is 41.4 Å². The number of hydrogen-bond donors (Lipinski definition) is 0. The zero-order chi connectivity index (χ0) is 92.7. The van der Waals surface area contributed by atoms with Crippen LogP contribution in [0.25, 0.3) is 0 Å². The van der Waals surface area contributed by atoms with Crippen molar-refractivity contribution in [1.82, 2.24) is 54.8 Å². The topological polar surface area (TPSA) is 142 Å². The Morgan fingerprint density at radius 2 is 0.451 bits per heavy atom. The third kappa shape index (κ3) is 96.8. The van der Waals surface area contributed by atoms with Gasteiger partial charge in [0.25, 0.3) is 12.9 Å². The number of pyridine rings is 11. The molecule has 11 heterocycles. The van der Waals surface area contributed by atoms with Crippen molar-refractivity contribution in [2.45, 2.75) is 146 Å². The van der Waals surface area contributed by atoms with Crippen LogP contribution in [0.15, 0.2) is 233 Å². The zero-order valence-electron chi connectivity index (χ0n) is 79.0. The van der Waals surface area contributed by atoms with Gasteiger partial charge in [0.15, 0.2) is 17.5 Å². The Bertz CT molecular complexity index is 4240. The van der Waals surface area contributed by atoms with Gasteiger partial charge >= 0.3 is 30.9 Å². The van der Waals surface area contributed by atoms with Gasteiger partial charge in [-0.2, -0.15) is 79.0 Å². The molecular formula is C89H101F33N11Ta11-11. The van der Waals surface area contributed by atoms with Crippen molar-refractivity contribution in [3.8, 4) is 0 Å². The van der Waals surface area contributed by atoms with Gasteiger partial charge in [0, 0.05) is 390 Å². The van der Waals surface area contributed by atoms with Gasteiger partial charge in [-0.15, -0.1) is 0 Å². The van der Waals surface area contributed by atoms with Crippen LogP contribution >= 0.6 is 0 Å². The Balaban J connectivity index is -0.0000000560. The fraction of sp³-hybridized carbons (Fsp3) is 0.258. The zero-order valence-corrected chi connectivity index (χ0v) is 114. The van der Waals surface area contributed by atoms with Crippen LogP contribution in [0.3, 0.4) is 0 Å². The monoisotopic (exact) mass is 3940 g/mol. The molecular weight excluding hydrogens is 3840 g/mol. The maximum Gasteiger partial charge on any atom is 0.419 e. The number of hydrogen-bond acceptors (Lipinski definition) is 11. The Hall–Kier alpha value is -3.52. The molecule has 55 heteroatoms. The largest absolute Gasteiger partial charge is 0.419 e. The average Bonchev–Trinajstić information content (AvgIpc) is 0.824. The number of alkyl halides is 27. The molecule has 0 aliphatic carbocycles. The van der Waals surface area contributed by atoms with Crippen LogP contribution in [0.5, 0.6) is 0 Å². The predicted molar refractivity (Wildman–Crippen MR) is 448 cm³/mol. The fourth-order valence-electron chi connectivity index (χ4n) is 8.06. The van der Waals surface area contributed by atoms with E-state index in [1.807, 2.05) is 0 Å². The summed E-state index contributed by atoms with van der Waals surface area (Å²) in [5.41, 5.74) is -0.477. The van der Waals surface area contributed by atoms with E-state index in [1.165, 1.54) is 123 Å². The van der Waals surface area contributed by atoms with Gasteiger partial charge < -0.3 is 81.7 Å². The third-order valence-corrected chi connectivity index (χ3v) is 13.7. The molecule has 0 saturated carbocycles. The Morgan fingerprint density at radius 1 is 0.250 bits per heavy atom. The van der Waals surface area contributed by atoms with Crippen LogP contribution in [0, 0.1) is 117 Å². The number of halogens is 33. The van der Waals surface area contributed by atoms with E-state index in [4.69, 9.17) is 0 Å². The molecule has 11 aromatic heterocycles. The molecule has 0 spiro atoms. The first kappa shape index (κ1) is 195. The van der Waals surface area contributed by atoms with E-state index in [9.17, 15) is 145 Å². The Morgan fingerprint density at radius 3 is 0.611 bits per heavy atom. The summed E-state index contributed by atoms with van der Waals surface area (Å²) in [6.07, 6.45) is -9.84. The fourth-order valence-corrected chi connectivity index (χ4v) is 8.06. The molecule has 0 bridgehead atoms. The molecule has 0 aromatic carbocycles. The second-order valence-electron chi connectivity index (χ2n) is 24.1. The van der Waals surface area contributed by atoms with E-state index in [0.29, 0.717) is 34.5 Å². The van der Waals surface area contributed by atoms with Crippen LogP contribution in [-0.4, -0.2) is 104 Å². The van der Waals surface area contributed by atoms with E-state index in [-0.39, 0.29) is 376 Å². The van der Waals surface area contributed by atoms with Crippen LogP contribution in [0.1, 0.15) is 114 Å². The summed E-state index contributed by atoms with van der Waals surface area (Å²) in [4.78, 5) is 37.7. The molecule has 11 nitrogen and oxygen atoms in total. The van der Waals surface area contributed by atoms with Crippen LogP contribution < -0.4 is 0 Å². The first-order chi connectivity index (χ1) is 56.6. The van der Waals surface area contributed by atoms with Gasteiger partial charge in [-0.05, 0) is 139 Å². The van der Waals surface area contributed by atoms with Crippen molar-refractivity contribution in [2.24, 2.45) is 0 Å². The van der Waals surface area contributed by atoms with E-state index in [2.05, 4.69) is 54.8 Å². The van der Waals surface area contributed by atoms with E-state index in [1.54, 1.807) is 73.3 Å². The van der Waals surface area contributed by atoms with E-state index in [0.717, 1.165) is 52.2 Å². The number of nitrogens with zero attached hydrogens (tertiary/aromatic N) is 11. The molecule has 11 radical (unpaired) electrons. The molecule has 0 N–H and O–H groups in total. The van der Waals surface area contributed by atoms with Crippen LogP contribution in [0.4, 0.5) is 145 Å². The summed E-state index contributed by atoms with van der Waals surface area (Å²) in [7, 11) is 0. The summed E-state index contributed by atoms with van der Waals surface area (Å²) in [6.45, 7) is 4.05. The summed E-state index contributed by atoms with van der Waals surface area (Å²) < 4.78 is 395. The first-order valence-corrected chi connectivity index (χ1v) is 33.9. The molecule has 0 aliphatic heterocycles. The first-order valence-electron chi connectivity index (χ1n) is 33.9. The summed E-state index contributed by atoms with van der Waals surface area (Å²) in [5.74, 6) is -18.0. The minimum atomic E-state index is -4.88. The smallest absolute Gasteiger partial charge is 0.358 e. The number of aromatic nitrogens is 11. The summed E-state index contributed by atoms with van der Waals surface area (Å²) in [6, 6.07) is 26.6. The summed E-state index contributed by atoms with van der Waals surface area (Å²) >= 11 is 0. The van der Waals surface area contributed by atoms with Gasteiger partial charge in [-0.1, -0.05) is 48.5 Å². The van der Waals surface area contributed by atoms with Crippen LogP contribution in [-0.2, 0) is 291 Å². The molecule has 809 valence electrons. The number of rotatable bonds is 14. The maximum atomic E-state index is 12.4. The van der Waals surface area contributed by atoms with Crippen molar-refractivity contribution in [3.05, 3.63) is 411 Å². The normalized spacial score (nSPS) is 9.95. The third-order valence-electron chi connectivity index (χ3n) is 13.7. The molecule has 144 heavy (non-hydrogen) atoms. The van der Waals surface area contributed by atoms with Crippen molar-refractivity contribution in [2.75, 3.05) is 0 Å². The van der Waals surface area contributed by atoms with E-state index < -0.39 is 145 Å². The molecule has 0 amide bonds. The minimum Gasteiger partial charge on any atom is -0.358 e. The van der Waals surface area contributed by atoms with Crippen molar-refractivity contribution < 1.29 is 391 Å². The molecule has 11 rings (SSSR count). The predicted octanol–water partition coefficient (Wildman–Crippen LogP) is 30.1. The van der Waals surface area contributed by atoms with Crippen molar-refractivity contribution in [1.29, 1.82) is 0 Å². The summed E-state index contributed by atoms with van der Waals surface area (Å²) in [5, 5.41) is 0. The molecule has 11 aromatic rings. The van der Waals surface area contributed by atoms with Crippen molar-refractivity contribution in [3.63, 3.8) is 0 Å². The maximum absolute atomic E-state index is 12.4. The Labute approximate surface area is 992 Å². The average molecular weight is 3940 g/mol. The second kappa shape index (κ2) is 101. The van der Waals surface area contributed by atoms with Gasteiger partial charge in [0.2, 0.25) is 42.5 Å². The Kier molecular flexibility index (Phi) is 137. The molecule has 2 unspecified atom stereocenters.